The molecule has 4 heteroatoms. The van der Waals surface area contributed by atoms with Crippen LogP contribution in [0.15, 0.2) is 36.4 Å². The standard InChI is InChI=1S/C15H15ClFNO/c1-10-5-6-12(9-14(10)17)19-15-11(7-8-18)3-2-4-13(15)16/h2-6,9H,7-8,18H2,1H3. The summed E-state index contributed by atoms with van der Waals surface area (Å²) in [5.41, 5.74) is 7.05. The van der Waals surface area contributed by atoms with Crippen molar-refractivity contribution in [1.29, 1.82) is 0 Å². The number of halogens is 2. The fourth-order valence-corrected chi connectivity index (χ4v) is 2.01. The van der Waals surface area contributed by atoms with Crippen molar-refractivity contribution in [2.45, 2.75) is 13.3 Å². The van der Waals surface area contributed by atoms with Gasteiger partial charge in [0.05, 0.1) is 5.02 Å². The maximum absolute atomic E-state index is 13.5. The van der Waals surface area contributed by atoms with Crippen molar-refractivity contribution in [2.24, 2.45) is 5.73 Å². The zero-order valence-corrected chi connectivity index (χ0v) is 11.4. The number of ether oxygens (including phenoxy) is 1. The van der Waals surface area contributed by atoms with Crippen molar-refractivity contribution in [3.63, 3.8) is 0 Å². The maximum atomic E-state index is 13.5. The number of rotatable bonds is 4. The number of para-hydroxylation sites is 1. The first kappa shape index (κ1) is 13.8. The Hall–Kier alpha value is -1.58. The Morgan fingerprint density at radius 1 is 1.26 bits per heavy atom. The van der Waals surface area contributed by atoms with Crippen LogP contribution in [0.25, 0.3) is 0 Å². The summed E-state index contributed by atoms with van der Waals surface area (Å²) in [5.74, 6) is 0.664. The van der Waals surface area contributed by atoms with E-state index in [0.717, 1.165) is 5.56 Å². The average Bonchev–Trinajstić information content (AvgIpc) is 2.38. The molecule has 0 amide bonds. The van der Waals surface area contributed by atoms with Crippen LogP contribution in [-0.2, 0) is 6.42 Å². The average molecular weight is 280 g/mol. The third kappa shape index (κ3) is 3.25. The zero-order chi connectivity index (χ0) is 13.8. The number of hydrogen-bond acceptors (Lipinski definition) is 2. The van der Waals surface area contributed by atoms with Crippen molar-refractivity contribution in [1.82, 2.24) is 0 Å². The Morgan fingerprint density at radius 3 is 2.74 bits per heavy atom. The summed E-state index contributed by atoms with van der Waals surface area (Å²) in [6, 6.07) is 10.2. The molecule has 0 aliphatic carbocycles. The third-order valence-corrected chi connectivity index (χ3v) is 3.12. The Bertz CT molecular complexity index is 586. The molecule has 2 nitrogen and oxygen atoms in total. The van der Waals surface area contributed by atoms with E-state index in [1.165, 1.54) is 6.07 Å². The van der Waals surface area contributed by atoms with Crippen molar-refractivity contribution >= 4 is 11.6 Å². The summed E-state index contributed by atoms with van der Waals surface area (Å²) in [4.78, 5) is 0. The molecule has 0 aromatic heterocycles. The Labute approximate surface area is 117 Å². The largest absolute Gasteiger partial charge is 0.455 e. The van der Waals surface area contributed by atoms with Crippen LogP contribution >= 0.6 is 11.6 Å². The number of benzene rings is 2. The van der Waals surface area contributed by atoms with Crippen LogP contribution in [0.5, 0.6) is 11.5 Å². The van der Waals surface area contributed by atoms with Gasteiger partial charge >= 0.3 is 0 Å². The van der Waals surface area contributed by atoms with Crippen LogP contribution in [-0.4, -0.2) is 6.54 Å². The van der Waals surface area contributed by atoms with E-state index in [4.69, 9.17) is 22.1 Å². The van der Waals surface area contributed by atoms with Gasteiger partial charge in [-0.3, -0.25) is 0 Å². The molecule has 0 unspecified atom stereocenters. The van der Waals surface area contributed by atoms with Gasteiger partial charge in [0.15, 0.2) is 0 Å². The van der Waals surface area contributed by atoms with Crippen LogP contribution in [0.1, 0.15) is 11.1 Å². The second-order valence-electron chi connectivity index (χ2n) is 4.28. The van der Waals surface area contributed by atoms with E-state index in [-0.39, 0.29) is 5.82 Å². The highest BCUT2D eigenvalue weighted by molar-refractivity contribution is 6.32. The van der Waals surface area contributed by atoms with E-state index in [1.807, 2.05) is 12.1 Å². The number of nitrogens with two attached hydrogens (primary N) is 1. The molecule has 2 aromatic rings. The normalized spacial score (nSPS) is 10.5. The summed E-state index contributed by atoms with van der Waals surface area (Å²) >= 11 is 6.13. The quantitative estimate of drug-likeness (QED) is 0.915. The second kappa shape index (κ2) is 6.04. The molecular formula is C15H15ClFNO. The van der Waals surface area contributed by atoms with E-state index in [0.29, 0.717) is 35.1 Å². The van der Waals surface area contributed by atoms with Gasteiger partial charge in [-0.15, -0.1) is 0 Å². The van der Waals surface area contributed by atoms with Gasteiger partial charge in [-0.2, -0.15) is 0 Å². The van der Waals surface area contributed by atoms with Gasteiger partial charge in [0.25, 0.3) is 0 Å². The molecule has 100 valence electrons. The van der Waals surface area contributed by atoms with Gasteiger partial charge in [-0.25, -0.2) is 4.39 Å². The van der Waals surface area contributed by atoms with Crippen molar-refractivity contribution in [2.75, 3.05) is 6.54 Å². The minimum absolute atomic E-state index is 0.301. The molecule has 0 atom stereocenters. The predicted octanol–water partition coefficient (Wildman–Crippen LogP) is 4.08. The molecule has 0 saturated heterocycles. The Kier molecular flexibility index (Phi) is 4.40. The lowest BCUT2D eigenvalue weighted by Gasteiger charge is -2.12. The van der Waals surface area contributed by atoms with E-state index < -0.39 is 0 Å². The smallest absolute Gasteiger partial charge is 0.149 e. The summed E-state index contributed by atoms with van der Waals surface area (Å²) in [7, 11) is 0. The zero-order valence-electron chi connectivity index (χ0n) is 10.6. The van der Waals surface area contributed by atoms with Gasteiger partial charge in [-0.1, -0.05) is 29.8 Å². The first-order valence-corrected chi connectivity index (χ1v) is 6.41. The summed E-state index contributed by atoms with van der Waals surface area (Å²) in [6.45, 7) is 2.20. The van der Waals surface area contributed by atoms with E-state index in [1.54, 1.807) is 25.1 Å². The highest BCUT2D eigenvalue weighted by Crippen LogP contribution is 2.33. The monoisotopic (exact) mass is 279 g/mol. The van der Waals surface area contributed by atoms with Crippen LogP contribution in [0.2, 0.25) is 5.02 Å². The lowest BCUT2D eigenvalue weighted by Crippen LogP contribution is -2.04. The number of aryl methyl sites for hydroxylation is 1. The van der Waals surface area contributed by atoms with Gasteiger partial charge in [0.1, 0.15) is 17.3 Å². The first-order chi connectivity index (χ1) is 9.11. The fourth-order valence-electron chi connectivity index (χ4n) is 1.78. The summed E-state index contributed by atoms with van der Waals surface area (Å²) < 4.78 is 19.2. The molecule has 0 saturated carbocycles. The molecular weight excluding hydrogens is 265 g/mol. The van der Waals surface area contributed by atoms with Gasteiger partial charge in [-0.05, 0) is 43.1 Å². The topological polar surface area (TPSA) is 35.2 Å². The van der Waals surface area contributed by atoms with Crippen LogP contribution in [0.3, 0.4) is 0 Å². The molecule has 0 aliphatic heterocycles. The molecule has 19 heavy (non-hydrogen) atoms. The van der Waals surface area contributed by atoms with Crippen LogP contribution in [0, 0.1) is 12.7 Å². The van der Waals surface area contributed by atoms with Crippen molar-refractivity contribution < 1.29 is 9.13 Å². The maximum Gasteiger partial charge on any atom is 0.149 e. The molecule has 0 aliphatic rings. The molecule has 0 heterocycles. The Balaban J connectivity index is 2.34. The SMILES string of the molecule is Cc1ccc(Oc2c(Cl)cccc2CCN)cc1F. The molecule has 2 N–H and O–H groups in total. The fraction of sp³-hybridized carbons (Fsp3) is 0.200. The lowest BCUT2D eigenvalue weighted by molar-refractivity contribution is 0.470. The predicted molar refractivity (Wildman–Crippen MR) is 75.4 cm³/mol. The molecule has 0 radical (unpaired) electrons. The minimum Gasteiger partial charge on any atom is -0.455 e. The van der Waals surface area contributed by atoms with E-state index in [2.05, 4.69) is 0 Å². The molecule has 0 spiro atoms. The number of hydrogen-bond donors (Lipinski definition) is 1. The summed E-state index contributed by atoms with van der Waals surface area (Å²) in [6.07, 6.45) is 0.657. The first-order valence-electron chi connectivity index (χ1n) is 6.03. The summed E-state index contributed by atoms with van der Waals surface area (Å²) in [5, 5.41) is 0.493. The molecule has 2 aromatic carbocycles. The molecule has 0 bridgehead atoms. The van der Waals surface area contributed by atoms with Gasteiger partial charge < -0.3 is 10.5 Å². The highest BCUT2D eigenvalue weighted by Gasteiger charge is 2.10. The molecule has 0 fully saturated rings. The van der Waals surface area contributed by atoms with Gasteiger partial charge in [0.2, 0.25) is 0 Å². The third-order valence-electron chi connectivity index (χ3n) is 2.83. The van der Waals surface area contributed by atoms with Crippen molar-refractivity contribution in [3.8, 4) is 11.5 Å². The lowest BCUT2D eigenvalue weighted by atomic mass is 10.1. The van der Waals surface area contributed by atoms with E-state index >= 15 is 0 Å². The van der Waals surface area contributed by atoms with E-state index in [9.17, 15) is 4.39 Å². The second-order valence-corrected chi connectivity index (χ2v) is 4.69. The van der Waals surface area contributed by atoms with Crippen molar-refractivity contribution in [3.05, 3.63) is 58.4 Å². The minimum atomic E-state index is -0.301. The highest BCUT2D eigenvalue weighted by atomic mass is 35.5. The van der Waals surface area contributed by atoms with Crippen LogP contribution in [0.4, 0.5) is 4.39 Å². The molecule has 2 rings (SSSR count). The van der Waals surface area contributed by atoms with Gasteiger partial charge in [0, 0.05) is 6.07 Å². The Morgan fingerprint density at radius 2 is 2.05 bits per heavy atom. The van der Waals surface area contributed by atoms with Crippen LogP contribution < -0.4 is 10.5 Å².